The van der Waals surface area contributed by atoms with Crippen molar-refractivity contribution in [2.75, 3.05) is 31.1 Å². The third-order valence-electron chi connectivity index (χ3n) is 4.86. The molecule has 2 N–H and O–H groups in total. The van der Waals surface area contributed by atoms with Crippen molar-refractivity contribution in [3.05, 3.63) is 66.6 Å². The standard InChI is InChI=1S/C20H22N4O3S/c21-28(25,26)19-8-6-18(7-9-19)24-12-10-23(11-13-24)14-17-15-27-20(22-17)16-4-2-1-3-5-16/h1-9,15H,10-14H2,(H2,21,25,26). The SMILES string of the molecule is NS(=O)(=O)c1ccc(N2CCN(Cc3coc(-c4ccccc4)n3)CC2)cc1. The highest BCUT2D eigenvalue weighted by Crippen LogP contribution is 2.21. The molecule has 28 heavy (non-hydrogen) atoms. The van der Waals surface area contributed by atoms with Crippen molar-refractivity contribution in [1.82, 2.24) is 9.88 Å². The van der Waals surface area contributed by atoms with Crippen molar-refractivity contribution in [1.29, 1.82) is 0 Å². The molecule has 0 saturated carbocycles. The lowest BCUT2D eigenvalue weighted by Gasteiger charge is -2.35. The van der Waals surface area contributed by atoms with Gasteiger partial charge in [-0.2, -0.15) is 0 Å². The molecule has 8 heteroatoms. The fraction of sp³-hybridized carbons (Fsp3) is 0.250. The van der Waals surface area contributed by atoms with Gasteiger partial charge in [-0.25, -0.2) is 18.5 Å². The lowest BCUT2D eigenvalue weighted by atomic mass is 10.2. The minimum Gasteiger partial charge on any atom is -0.444 e. The summed E-state index contributed by atoms with van der Waals surface area (Å²) in [6.45, 7) is 4.25. The number of oxazole rings is 1. The van der Waals surface area contributed by atoms with Crippen LogP contribution in [0.3, 0.4) is 0 Å². The second-order valence-electron chi connectivity index (χ2n) is 6.81. The Kier molecular flexibility index (Phi) is 5.17. The Morgan fingerprint density at radius 3 is 2.29 bits per heavy atom. The maximum absolute atomic E-state index is 11.4. The van der Waals surface area contributed by atoms with E-state index >= 15 is 0 Å². The number of sulfonamides is 1. The van der Waals surface area contributed by atoms with Crippen LogP contribution in [-0.2, 0) is 16.6 Å². The summed E-state index contributed by atoms with van der Waals surface area (Å²) in [5, 5.41) is 5.15. The number of hydrogen-bond donors (Lipinski definition) is 1. The summed E-state index contributed by atoms with van der Waals surface area (Å²) < 4.78 is 28.4. The zero-order valence-corrected chi connectivity index (χ0v) is 16.2. The molecule has 0 spiro atoms. The summed E-state index contributed by atoms with van der Waals surface area (Å²) >= 11 is 0. The van der Waals surface area contributed by atoms with Crippen LogP contribution in [0.15, 0.2) is 70.2 Å². The maximum Gasteiger partial charge on any atom is 0.238 e. The second kappa shape index (κ2) is 7.75. The van der Waals surface area contributed by atoms with E-state index in [1.165, 1.54) is 0 Å². The van der Waals surface area contributed by atoms with Gasteiger partial charge in [0, 0.05) is 44.0 Å². The van der Waals surface area contributed by atoms with E-state index in [0.717, 1.165) is 49.7 Å². The number of piperazine rings is 1. The molecule has 3 aromatic rings. The van der Waals surface area contributed by atoms with Crippen molar-refractivity contribution in [3.8, 4) is 11.5 Å². The molecule has 0 aliphatic carbocycles. The van der Waals surface area contributed by atoms with E-state index in [1.54, 1.807) is 30.5 Å². The summed E-state index contributed by atoms with van der Waals surface area (Å²) in [6, 6.07) is 16.6. The Balaban J connectivity index is 1.34. The first-order chi connectivity index (χ1) is 13.5. The van der Waals surface area contributed by atoms with Gasteiger partial charge in [0.1, 0.15) is 6.26 Å². The van der Waals surface area contributed by atoms with Gasteiger partial charge in [-0.1, -0.05) is 18.2 Å². The number of primary sulfonamides is 1. The molecule has 7 nitrogen and oxygen atoms in total. The van der Waals surface area contributed by atoms with Gasteiger partial charge < -0.3 is 9.32 Å². The van der Waals surface area contributed by atoms with E-state index in [1.807, 2.05) is 30.3 Å². The Morgan fingerprint density at radius 2 is 1.64 bits per heavy atom. The summed E-state index contributed by atoms with van der Waals surface area (Å²) in [6.07, 6.45) is 1.72. The molecule has 0 unspecified atom stereocenters. The average molecular weight is 398 g/mol. The van der Waals surface area contributed by atoms with Crippen molar-refractivity contribution in [3.63, 3.8) is 0 Å². The van der Waals surface area contributed by atoms with E-state index in [9.17, 15) is 8.42 Å². The zero-order valence-electron chi connectivity index (χ0n) is 15.4. The van der Waals surface area contributed by atoms with Crippen LogP contribution in [0.1, 0.15) is 5.69 Å². The number of nitrogens with zero attached hydrogens (tertiary/aromatic N) is 3. The quantitative estimate of drug-likeness (QED) is 0.709. The molecule has 146 valence electrons. The number of benzene rings is 2. The van der Waals surface area contributed by atoms with E-state index in [-0.39, 0.29) is 4.90 Å². The highest BCUT2D eigenvalue weighted by molar-refractivity contribution is 7.89. The van der Waals surface area contributed by atoms with Crippen LogP contribution in [-0.4, -0.2) is 44.5 Å². The number of aromatic nitrogens is 1. The van der Waals surface area contributed by atoms with Gasteiger partial charge in [0.05, 0.1) is 10.6 Å². The fourth-order valence-electron chi connectivity index (χ4n) is 3.33. The Hall–Kier alpha value is -2.68. The summed E-state index contributed by atoms with van der Waals surface area (Å²) in [7, 11) is -3.65. The van der Waals surface area contributed by atoms with Crippen LogP contribution in [0.2, 0.25) is 0 Å². The van der Waals surface area contributed by atoms with Crippen molar-refractivity contribution >= 4 is 15.7 Å². The highest BCUT2D eigenvalue weighted by atomic mass is 32.2. The normalized spacial score (nSPS) is 15.7. The molecule has 4 rings (SSSR count). The summed E-state index contributed by atoms with van der Waals surface area (Å²) in [4.78, 5) is 9.30. The van der Waals surface area contributed by atoms with E-state index in [4.69, 9.17) is 9.56 Å². The van der Waals surface area contributed by atoms with Gasteiger partial charge in [-0.15, -0.1) is 0 Å². The van der Waals surface area contributed by atoms with Crippen LogP contribution in [0.5, 0.6) is 0 Å². The number of anilines is 1. The second-order valence-corrected chi connectivity index (χ2v) is 8.37. The largest absolute Gasteiger partial charge is 0.444 e. The highest BCUT2D eigenvalue weighted by Gasteiger charge is 2.19. The van der Waals surface area contributed by atoms with Gasteiger partial charge in [0.15, 0.2) is 0 Å². The smallest absolute Gasteiger partial charge is 0.238 e. The third kappa shape index (κ3) is 4.24. The van der Waals surface area contributed by atoms with Gasteiger partial charge in [0.25, 0.3) is 0 Å². The van der Waals surface area contributed by atoms with Gasteiger partial charge in [-0.3, -0.25) is 4.90 Å². The topological polar surface area (TPSA) is 92.7 Å². The van der Waals surface area contributed by atoms with E-state index < -0.39 is 10.0 Å². The number of nitrogens with two attached hydrogens (primary N) is 1. The Morgan fingerprint density at radius 1 is 0.964 bits per heavy atom. The zero-order chi connectivity index (χ0) is 19.6. The molecule has 1 aromatic heterocycles. The lowest BCUT2D eigenvalue weighted by molar-refractivity contribution is 0.247. The first-order valence-corrected chi connectivity index (χ1v) is 10.6. The molecule has 1 saturated heterocycles. The van der Waals surface area contributed by atoms with Gasteiger partial charge in [0.2, 0.25) is 15.9 Å². The molecule has 0 amide bonds. The first kappa shape index (κ1) is 18.7. The average Bonchev–Trinajstić information content (AvgIpc) is 3.17. The lowest BCUT2D eigenvalue weighted by Crippen LogP contribution is -2.46. The predicted molar refractivity (Wildman–Crippen MR) is 107 cm³/mol. The van der Waals surface area contributed by atoms with Crippen molar-refractivity contribution < 1.29 is 12.8 Å². The van der Waals surface area contributed by atoms with E-state index in [0.29, 0.717) is 5.89 Å². The summed E-state index contributed by atoms with van der Waals surface area (Å²) in [5.41, 5.74) is 2.89. The third-order valence-corrected chi connectivity index (χ3v) is 5.79. The van der Waals surface area contributed by atoms with Crippen molar-refractivity contribution in [2.45, 2.75) is 11.4 Å². The van der Waals surface area contributed by atoms with Gasteiger partial charge >= 0.3 is 0 Å². The van der Waals surface area contributed by atoms with Crippen molar-refractivity contribution in [2.24, 2.45) is 5.14 Å². The fourth-order valence-corrected chi connectivity index (χ4v) is 3.85. The van der Waals surface area contributed by atoms with Crippen LogP contribution < -0.4 is 10.0 Å². The summed E-state index contributed by atoms with van der Waals surface area (Å²) in [5.74, 6) is 0.643. The number of rotatable bonds is 5. The molecule has 0 bridgehead atoms. The van der Waals surface area contributed by atoms with Gasteiger partial charge in [-0.05, 0) is 36.4 Å². The molecule has 1 aliphatic heterocycles. The minimum atomic E-state index is -3.65. The van der Waals surface area contributed by atoms with Crippen LogP contribution in [0, 0.1) is 0 Å². The van der Waals surface area contributed by atoms with Crippen LogP contribution in [0.4, 0.5) is 5.69 Å². The Labute approximate surface area is 164 Å². The maximum atomic E-state index is 11.4. The molecule has 0 radical (unpaired) electrons. The predicted octanol–water partition coefficient (Wildman–Crippen LogP) is 2.31. The van der Waals surface area contributed by atoms with E-state index in [2.05, 4.69) is 14.8 Å². The molecular weight excluding hydrogens is 376 g/mol. The molecule has 2 heterocycles. The first-order valence-electron chi connectivity index (χ1n) is 9.09. The molecular formula is C20H22N4O3S. The molecule has 0 atom stereocenters. The van der Waals surface area contributed by atoms with Crippen LogP contribution >= 0.6 is 0 Å². The molecule has 1 aliphatic rings. The Bertz CT molecular complexity index is 1020. The van der Waals surface area contributed by atoms with Crippen LogP contribution in [0.25, 0.3) is 11.5 Å². The molecule has 1 fully saturated rings. The monoisotopic (exact) mass is 398 g/mol. The number of hydrogen-bond acceptors (Lipinski definition) is 6. The minimum absolute atomic E-state index is 0.134. The molecule has 2 aromatic carbocycles.